The molecule has 3 fully saturated rings. The summed E-state index contributed by atoms with van der Waals surface area (Å²) in [7, 11) is 0.915. The van der Waals surface area contributed by atoms with Crippen LogP contribution in [0.3, 0.4) is 0 Å². The molecule has 3 heterocycles. The van der Waals surface area contributed by atoms with E-state index in [1.54, 1.807) is 14.2 Å². The molecule has 120 valence electrons. The Balaban J connectivity index is 1.72. The quantitative estimate of drug-likeness (QED) is 0.789. The molecule has 1 aromatic rings. The van der Waals surface area contributed by atoms with Crippen molar-refractivity contribution in [2.24, 2.45) is 0 Å². The van der Waals surface area contributed by atoms with Crippen LogP contribution in [-0.2, 0) is 18.9 Å². The summed E-state index contributed by atoms with van der Waals surface area (Å²) >= 11 is 0. The number of benzene rings is 1. The lowest BCUT2D eigenvalue weighted by atomic mass is 10.0. The molecule has 0 unspecified atom stereocenters. The van der Waals surface area contributed by atoms with E-state index in [0.29, 0.717) is 6.54 Å². The van der Waals surface area contributed by atoms with E-state index in [2.05, 4.69) is 0 Å². The number of rotatable bonds is 3. The van der Waals surface area contributed by atoms with Crippen molar-refractivity contribution in [3.8, 4) is 0 Å². The van der Waals surface area contributed by atoms with Crippen molar-refractivity contribution in [2.75, 3.05) is 26.9 Å². The van der Waals surface area contributed by atoms with E-state index >= 15 is 0 Å². The Kier molecular flexibility index (Phi) is 3.67. The fraction of sp³-hybridized carbons (Fsp3) is 0.625. The highest BCUT2D eigenvalue weighted by Gasteiger charge is 2.63. The van der Waals surface area contributed by atoms with Crippen LogP contribution in [0.4, 0.5) is 0 Å². The van der Waals surface area contributed by atoms with Crippen molar-refractivity contribution in [3.05, 3.63) is 30.3 Å². The topological polar surface area (TPSA) is 48.0 Å². The van der Waals surface area contributed by atoms with Crippen LogP contribution >= 0.6 is 7.14 Å². The van der Waals surface area contributed by atoms with Crippen LogP contribution in [-0.4, -0.2) is 62.0 Å². The van der Waals surface area contributed by atoms with E-state index in [1.807, 2.05) is 35.4 Å². The minimum atomic E-state index is -2.49. The molecule has 0 spiro atoms. The maximum Gasteiger partial charge on any atom is 0.123 e. The van der Waals surface area contributed by atoms with Crippen LogP contribution in [0, 0.1) is 0 Å². The summed E-state index contributed by atoms with van der Waals surface area (Å²) in [5.74, 6) is 0. The van der Waals surface area contributed by atoms with Crippen LogP contribution < -0.4 is 5.30 Å². The zero-order chi connectivity index (χ0) is 15.3. The summed E-state index contributed by atoms with van der Waals surface area (Å²) in [4.78, 5) is 6.09. The Morgan fingerprint density at radius 1 is 1.23 bits per heavy atom. The van der Waals surface area contributed by atoms with Gasteiger partial charge in [0.15, 0.2) is 0 Å². The van der Waals surface area contributed by atoms with Crippen LogP contribution in [0.25, 0.3) is 0 Å². The maximum atomic E-state index is 13.8. The summed E-state index contributed by atoms with van der Waals surface area (Å²) in [6, 6.07) is 9.92. The number of methoxy groups -OCH3 is 2. The Morgan fingerprint density at radius 3 is 2.68 bits per heavy atom. The molecule has 0 N–H and O–H groups in total. The van der Waals surface area contributed by atoms with Crippen LogP contribution in [0.2, 0.25) is 0 Å². The molecule has 0 saturated carbocycles. The van der Waals surface area contributed by atoms with Gasteiger partial charge in [0, 0.05) is 25.7 Å². The molecule has 3 aliphatic heterocycles. The number of ether oxygens (including phenoxy) is 2. The van der Waals surface area contributed by atoms with Gasteiger partial charge in [-0.15, -0.1) is 0 Å². The highest BCUT2D eigenvalue weighted by molar-refractivity contribution is 7.72. The molecule has 0 aromatic heterocycles. The van der Waals surface area contributed by atoms with Gasteiger partial charge in [-0.1, -0.05) is 30.3 Å². The first kappa shape index (κ1) is 14.9. The first-order valence-electron chi connectivity index (χ1n) is 7.82. The van der Waals surface area contributed by atoms with E-state index in [0.717, 1.165) is 17.9 Å². The predicted octanol–water partition coefficient (Wildman–Crippen LogP) is 1.48. The number of hydroxylamine groups is 2. The van der Waals surface area contributed by atoms with Gasteiger partial charge in [-0.2, -0.15) is 5.06 Å². The molecule has 3 aliphatic rings. The molecule has 0 amide bonds. The molecule has 6 atom stereocenters. The number of fused-ring (bicyclic) bond motifs is 3. The summed E-state index contributed by atoms with van der Waals surface area (Å²) in [6.07, 6.45) is 1.52. The third-order valence-corrected chi connectivity index (χ3v) is 9.09. The summed E-state index contributed by atoms with van der Waals surface area (Å²) in [6.45, 7) is 0.682. The average Bonchev–Trinajstić information content (AvgIpc) is 3.17. The molecule has 0 bridgehead atoms. The normalized spacial score (nSPS) is 44.2. The largest absolute Gasteiger partial charge is 0.377 e. The summed E-state index contributed by atoms with van der Waals surface area (Å²) < 4.78 is 25.1. The van der Waals surface area contributed by atoms with E-state index in [4.69, 9.17) is 14.3 Å². The van der Waals surface area contributed by atoms with Gasteiger partial charge in [0.1, 0.15) is 13.2 Å². The van der Waals surface area contributed by atoms with E-state index in [9.17, 15) is 4.57 Å². The van der Waals surface area contributed by atoms with Gasteiger partial charge < -0.3 is 14.0 Å². The molecule has 3 saturated heterocycles. The number of hydrogen-bond acceptors (Lipinski definition) is 5. The van der Waals surface area contributed by atoms with Crippen molar-refractivity contribution >= 4 is 12.4 Å². The van der Waals surface area contributed by atoms with Gasteiger partial charge in [-0.05, 0) is 6.42 Å². The Labute approximate surface area is 130 Å². The lowest BCUT2D eigenvalue weighted by Gasteiger charge is -2.28. The second-order valence-electron chi connectivity index (χ2n) is 6.34. The molecular weight excluding hydrogens is 301 g/mol. The van der Waals surface area contributed by atoms with E-state index < -0.39 is 7.14 Å². The van der Waals surface area contributed by atoms with Crippen molar-refractivity contribution in [2.45, 2.75) is 36.4 Å². The molecule has 0 aliphatic carbocycles. The van der Waals surface area contributed by atoms with Gasteiger partial charge in [0.05, 0.1) is 30.5 Å². The molecule has 6 heteroatoms. The van der Waals surface area contributed by atoms with Crippen LogP contribution in [0.5, 0.6) is 0 Å². The van der Waals surface area contributed by atoms with Crippen molar-refractivity contribution in [1.29, 1.82) is 0 Å². The zero-order valence-electron chi connectivity index (χ0n) is 12.9. The van der Waals surface area contributed by atoms with Gasteiger partial charge >= 0.3 is 0 Å². The first-order valence-corrected chi connectivity index (χ1v) is 9.78. The lowest BCUT2D eigenvalue weighted by molar-refractivity contribution is -0.154. The van der Waals surface area contributed by atoms with Gasteiger partial charge in [-0.3, -0.25) is 4.84 Å². The Bertz CT molecular complexity index is 595. The minimum Gasteiger partial charge on any atom is -0.377 e. The van der Waals surface area contributed by atoms with Gasteiger partial charge in [0.25, 0.3) is 0 Å². The summed E-state index contributed by atoms with van der Waals surface area (Å²) in [5.41, 5.74) is 0.0139. The fourth-order valence-electron chi connectivity index (χ4n) is 4.41. The maximum absolute atomic E-state index is 13.8. The smallest absolute Gasteiger partial charge is 0.123 e. The minimum absolute atomic E-state index is 0.0139. The average molecular weight is 323 g/mol. The zero-order valence-corrected chi connectivity index (χ0v) is 13.8. The van der Waals surface area contributed by atoms with Gasteiger partial charge in [-0.25, -0.2) is 0 Å². The standard InChI is InChI=1S/C16H22NO4P/c1-19-13-10-17-14(15(13)20-2)16-12(21-17)8-9-22(16,18)11-6-4-3-5-7-11/h3-7,12-16H,8-10H2,1-2H3/t12-,13-,14-,15+,16+,22-/m0/s1. The molecule has 1 aromatic carbocycles. The highest BCUT2D eigenvalue weighted by Crippen LogP contribution is 2.63. The van der Waals surface area contributed by atoms with Crippen molar-refractivity contribution < 1.29 is 18.9 Å². The second kappa shape index (κ2) is 5.43. The molecular formula is C16H22NO4P. The number of nitrogens with zero attached hydrogens (tertiary/aromatic N) is 1. The highest BCUT2D eigenvalue weighted by atomic mass is 31.2. The number of hydrogen-bond donors (Lipinski definition) is 0. The molecule has 5 nitrogen and oxygen atoms in total. The lowest BCUT2D eigenvalue weighted by Crippen LogP contribution is -2.42. The SMILES string of the molecule is CO[C@H]1[C@H]2[C@H]3[C@H](CC[P@]3(=O)c3ccccc3)ON2C[C@@H]1OC. The van der Waals surface area contributed by atoms with Crippen LogP contribution in [0.15, 0.2) is 30.3 Å². The van der Waals surface area contributed by atoms with E-state index in [-0.39, 0.29) is 30.0 Å². The Morgan fingerprint density at radius 2 is 2.00 bits per heavy atom. The summed E-state index contributed by atoms with van der Waals surface area (Å²) in [5, 5.41) is 2.94. The molecule has 4 rings (SSSR count). The predicted molar refractivity (Wildman–Crippen MR) is 83.9 cm³/mol. The fourth-order valence-corrected chi connectivity index (χ4v) is 8.18. The van der Waals surface area contributed by atoms with E-state index in [1.165, 1.54) is 0 Å². The molecule has 22 heavy (non-hydrogen) atoms. The second-order valence-corrected chi connectivity index (χ2v) is 9.49. The first-order chi connectivity index (χ1) is 10.7. The third kappa shape index (κ3) is 1.97. The van der Waals surface area contributed by atoms with Crippen LogP contribution in [0.1, 0.15) is 6.42 Å². The van der Waals surface area contributed by atoms with Crippen molar-refractivity contribution in [1.82, 2.24) is 5.06 Å². The molecule has 0 radical (unpaired) electrons. The third-order valence-electron chi connectivity index (χ3n) is 5.39. The monoisotopic (exact) mass is 323 g/mol. The Hall–Kier alpha value is -0.710. The van der Waals surface area contributed by atoms with Gasteiger partial charge in [0.2, 0.25) is 0 Å². The van der Waals surface area contributed by atoms with Crippen molar-refractivity contribution in [3.63, 3.8) is 0 Å².